The summed E-state index contributed by atoms with van der Waals surface area (Å²) in [7, 11) is -3.05. The molecule has 0 heterocycles. The molecule has 5 nitrogen and oxygen atoms in total. The van der Waals surface area contributed by atoms with Gasteiger partial charge in [-0.15, -0.1) is 0 Å². The fraction of sp³-hybridized carbons (Fsp3) is 0.588. The third-order valence-electron chi connectivity index (χ3n) is 4.54. The molecule has 6 heteroatoms. The number of benzene rings is 1. The lowest BCUT2D eigenvalue weighted by molar-refractivity contribution is 0.230. The Hall–Kier alpha value is -1.56. The lowest BCUT2D eigenvalue weighted by Crippen LogP contribution is -2.46. The number of rotatable bonds is 6. The molecule has 0 atom stereocenters. The molecule has 1 fully saturated rings. The lowest BCUT2D eigenvalue weighted by Gasteiger charge is -2.38. The summed E-state index contributed by atoms with van der Waals surface area (Å²) in [5.41, 5.74) is 1.27. The van der Waals surface area contributed by atoms with Crippen molar-refractivity contribution in [2.24, 2.45) is 0 Å². The zero-order valence-electron chi connectivity index (χ0n) is 13.7. The monoisotopic (exact) mass is 338 g/mol. The van der Waals surface area contributed by atoms with Crippen molar-refractivity contribution in [1.29, 1.82) is 0 Å². The van der Waals surface area contributed by atoms with E-state index in [0.717, 1.165) is 12.8 Å². The van der Waals surface area contributed by atoms with Gasteiger partial charge >= 0.3 is 6.03 Å². The van der Waals surface area contributed by atoms with E-state index < -0.39 is 9.84 Å². The second-order valence-corrected chi connectivity index (χ2v) is 8.71. The first-order valence-corrected chi connectivity index (χ1v) is 10.2. The molecule has 1 aliphatic rings. The van der Waals surface area contributed by atoms with Crippen LogP contribution in [0.15, 0.2) is 30.3 Å². The van der Waals surface area contributed by atoms with Crippen LogP contribution in [0.25, 0.3) is 0 Å². The SMILES string of the molecule is CS(=O)(=O)CCNC(=O)NCC1(c2ccccc2)CCCCC1. The van der Waals surface area contributed by atoms with E-state index in [9.17, 15) is 13.2 Å². The summed E-state index contributed by atoms with van der Waals surface area (Å²) in [6, 6.07) is 10.1. The number of amides is 2. The van der Waals surface area contributed by atoms with E-state index in [0.29, 0.717) is 6.54 Å². The maximum atomic E-state index is 11.9. The molecular weight excluding hydrogens is 312 g/mol. The van der Waals surface area contributed by atoms with Gasteiger partial charge in [0.05, 0.1) is 5.75 Å². The molecule has 0 aromatic heterocycles. The molecule has 1 aliphatic carbocycles. The van der Waals surface area contributed by atoms with Gasteiger partial charge in [-0.1, -0.05) is 49.6 Å². The summed E-state index contributed by atoms with van der Waals surface area (Å²) in [6.45, 7) is 0.727. The first-order chi connectivity index (χ1) is 10.9. The van der Waals surface area contributed by atoms with Gasteiger partial charge in [0.2, 0.25) is 0 Å². The van der Waals surface area contributed by atoms with Crippen molar-refractivity contribution in [1.82, 2.24) is 10.6 Å². The first kappa shape index (κ1) is 17.8. The average Bonchev–Trinajstić information content (AvgIpc) is 2.53. The van der Waals surface area contributed by atoms with E-state index in [1.54, 1.807) is 0 Å². The van der Waals surface area contributed by atoms with Gasteiger partial charge < -0.3 is 10.6 Å². The molecule has 0 spiro atoms. The van der Waals surface area contributed by atoms with E-state index in [2.05, 4.69) is 22.8 Å². The van der Waals surface area contributed by atoms with Crippen molar-refractivity contribution < 1.29 is 13.2 Å². The topological polar surface area (TPSA) is 75.3 Å². The van der Waals surface area contributed by atoms with E-state index in [-0.39, 0.29) is 23.7 Å². The van der Waals surface area contributed by atoms with Crippen LogP contribution in [0, 0.1) is 0 Å². The minimum absolute atomic E-state index is 0.00627. The second kappa shape index (κ2) is 7.81. The van der Waals surface area contributed by atoms with Gasteiger partial charge in [0, 0.05) is 24.8 Å². The van der Waals surface area contributed by atoms with Crippen LogP contribution in [-0.2, 0) is 15.3 Å². The Morgan fingerprint density at radius 3 is 2.35 bits per heavy atom. The molecule has 0 unspecified atom stereocenters. The molecule has 2 rings (SSSR count). The van der Waals surface area contributed by atoms with Crippen molar-refractivity contribution in [3.63, 3.8) is 0 Å². The fourth-order valence-corrected chi connectivity index (χ4v) is 3.72. The summed E-state index contributed by atoms with van der Waals surface area (Å²) < 4.78 is 22.2. The van der Waals surface area contributed by atoms with Crippen molar-refractivity contribution in [2.45, 2.75) is 37.5 Å². The predicted molar refractivity (Wildman–Crippen MR) is 92.3 cm³/mol. The lowest BCUT2D eigenvalue weighted by atomic mass is 9.69. The van der Waals surface area contributed by atoms with Crippen LogP contribution in [0.2, 0.25) is 0 Å². The second-order valence-electron chi connectivity index (χ2n) is 6.45. The Morgan fingerprint density at radius 2 is 1.74 bits per heavy atom. The number of urea groups is 1. The van der Waals surface area contributed by atoms with E-state index in [1.807, 2.05) is 18.2 Å². The molecule has 23 heavy (non-hydrogen) atoms. The molecule has 1 saturated carbocycles. The van der Waals surface area contributed by atoms with Crippen LogP contribution >= 0.6 is 0 Å². The predicted octanol–water partition coefficient (Wildman–Crippen LogP) is 2.23. The van der Waals surface area contributed by atoms with Gasteiger partial charge in [-0.3, -0.25) is 0 Å². The fourth-order valence-electron chi connectivity index (χ4n) is 3.25. The van der Waals surface area contributed by atoms with Crippen molar-refractivity contribution >= 4 is 15.9 Å². The average molecular weight is 338 g/mol. The van der Waals surface area contributed by atoms with Crippen LogP contribution in [0.4, 0.5) is 4.79 Å². The quantitative estimate of drug-likeness (QED) is 0.835. The van der Waals surface area contributed by atoms with Crippen LogP contribution < -0.4 is 10.6 Å². The van der Waals surface area contributed by atoms with Gasteiger partial charge in [-0.25, -0.2) is 13.2 Å². The molecule has 0 aliphatic heterocycles. The summed E-state index contributed by atoms with van der Waals surface area (Å²) in [5, 5.41) is 5.55. The Morgan fingerprint density at radius 1 is 1.09 bits per heavy atom. The minimum Gasteiger partial charge on any atom is -0.337 e. The zero-order valence-corrected chi connectivity index (χ0v) is 14.5. The number of nitrogens with one attached hydrogen (secondary N) is 2. The number of hydrogen-bond donors (Lipinski definition) is 2. The Bertz CT molecular complexity index is 608. The molecule has 0 bridgehead atoms. The van der Waals surface area contributed by atoms with Gasteiger partial charge in [-0.2, -0.15) is 0 Å². The Balaban J connectivity index is 1.93. The van der Waals surface area contributed by atoms with Crippen LogP contribution in [0.1, 0.15) is 37.7 Å². The third kappa shape index (κ3) is 5.53. The van der Waals surface area contributed by atoms with E-state index in [1.165, 1.54) is 31.1 Å². The Kier molecular flexibility index (Phi) is 6.04. The van der Waals surface area contributed by atoms with E-state index >= 15 is 0 Å². The summed E-state index contributed by atoms with van der Waals surface area (Å²) in [4.78, 5) is 11.9. The standard InChI is InChI=1S/C17H26N2O3S/c1-23(21,22)13-12-18-16(20)19-14-17(10-6-3-7-11-17)15-8-4-2-5-9-15/h2,4-5,8-9H,3,6-7,10-14H2,1H3,(H2,18,19,20). The highest BCUT2D eigenvalue weighted by atomic mass is 32.2. The van der Waals surface area contributed by atoms with Crippen molar-refractivity contribution in [3.05, 3.63) is 35.9 Å². The molecule has 0 radical (unpaired) electrons. The number of hydrogen-bond acceptors (Lipinski definition) is 3. The van der Waals surface area contributed by atoms with Gasteiger partial charge in [-0.05, 0) is 18.4 Å². The molecule has 0 saturated heterocycles. The van der Waals surface area contributed by atoms with E-state index in [4.69, 9.17) is 0 Å². The number of sulfone groups is 1. The molecule has 2 amide bonds. The molecule has 1 aromatic carbocycles. The normalized spacial score (nSPS) is 17.4. The van der Waals surface area contributed by atoms with Crippen molar-refractivity contribution in [2.75, 3.05) is 25.1 Å². The molecule has 2 N–H and O–H groups in total. The number of carbonyl (C=O) groups excluding carboxylic acids is 1. The van der Waals surface area contributed by atoms with Crippen molar-refractivity contribution in [3.8, 4) is 0 Å². The largest absolute Gasteiger partial charge is 0.337 e. The third-order valence-corrected chi connectivity index (χ3v) is 5.49. The van der Waals surface area contributed by atoms with Crippen LogP contribution in [0.5, 0.6) is 0 Å². The maximum Gasteiger partial charge on any atom is 0.314 e. The van der Waals surface area contributed by atoms with Crippen LogP contribution in [-0.4, -0.2) is 39.5 Å². The van der Waals surface area contributed by atoms with Gasteiger partial charge in [0.1, 0.15) is 9.84 Å². The smallest absolute Gasteiger partial charge is 0.314 e. The molecule has 1 aromatic rings. The first-order valence-electron chi connectivity index (χ1n) is 8.16. The van der Waals surface area contributed by atoms with Gasteiger partial charge in [0.15, 0.2) is 0 Å². The summed E-state index contributed by atoms with van der Waals surface area (Å²) in [5.74, 6) is -0.0375. The molecular formula is C17H26N2O3S. The zero-order chi connectivity index (χ0) is 16.8. The van der Waals surface area contributed by atoms with Crippen LogP contribution in [0.3, 0.4) is 0 Å². The summed E-state index contributed by atoms with van der Waals surface area (Å²) in [6.07, 6.45) is 6.90. The summed E-state index contributed by atoms with van der Waals surface area (Å²) >= 11 is 0. The van der Waals surface area contributed by atoms with Gasteiger partial charge in [0.25, 0.3) is 0 Å². The highest BCUT2D eigenvalue weighted by molar-refractivity contribution is 7.90. The Labute approximate surface area is 138 Å². The number of carbonyl (C=O) groups is 1. The molecule has 128 valence electrons. The highest BCUT2D eigenvalue weighted by Crippen LogP contribution is 2.38. The highest BCUT2D eigenvalue weighted by Gasteiger charge is 2.34. The minimum atomic E-state index is -3.05. The maximum absolute atomic E-state index is 11.9.